The van der Waals surface area contributed by atoms with Crippen LogP contribution in [0, 0.1) is 0 Å². The molecule has 2 rings (SSSR count). The second-order valence-electron chi connectivity index (χ2n) is 5.12. The van der Waals surface area contributed by atoms with Crippen molar-refractivity contribution in [3.05, 3.63) is 42.5 Å². The maximum Gasteiger partial charge on any atom is 0.255 e. The van der Waals surface area contributed by atoms with Crippen molar-refractivity contribution in [2.24, 2.45) is 0 Å². The average Bonchev–Trinajstić information content (AvgIpc) is 2.52. The second-order valence-corrected chi connectivity index (χ2v) is 5.12. The fourth-order valence-electron chi connectivity index (χ4n) is 2.20. The molecule has 0 atom stereocenters. The number of hydrogen-bond acceptors (Lipinski definition) is 4. The molecule has 1 fully saturated rings. The average molecular weight is 291 g/mol. The Hall–Kier alpha value is -1.85. The number of ether oxygens (including phenoxy) is 2. The van der Waals surface area contributed by atoms with Gasteiger partial charge in [0.2, 0.25) is 0 Å². The predicted molar refractivity (Wildman–Crippen MR) is 79.5 cm³/mol. The van der Waals surface area contributed by atoms with Crippen LogP contribution in [-0.4, -0.2) is 43.0 Å². The van der Waals surface area contributed by atoms with Gasteiger partial charge in [0, 0.05) is 32.6 Å². The fourth-order valence-corrected chi connectivity index (χ4v) is 2.20. The summed E-state index contributed by atoms with van der Waals surface area (Å²) in [6.45, 7) is 5.18. The number of para-hydroxylation sites is 1. The summed E-state index contributed by atoms with van der Waals surface area (Å²) in [6.07, 6.45) is 2.68. The van der Waals surface area contributed by atoms with Gasteiger partial charge in [-0.2, -0.15) is 0 Å². The smallest absolute Gasteiger partial charge is 0.255 e. The van der Waals surface area contributed by atoms with Crippen LogP contribution in [-0.2, 0) is 4.74 Å². The summed E-state index contributed by atoms with van der Waals surface area (Å²) in [4.78, 5) is 12.3. The molecule has 0 radical (unpaired) electrons. The summed E-state index contributed by atoms with van der Waals surface area (Å²) in [7, 11) is 0. The third kappa shape index (κ3) is 4.31. The molecule has 1 aromatic carbocycles. The van der Waals surface area contributed by atoms with Crippen LogP contribution in [0.3, 0.4) is 0 Å². The Bertz CT molecular complexity index is 495. The topological polar surface area (TPSA) is 67.8 Å². The highest BCUT2D eigenvalue weighted by Crippen LogP contribution is 2.21. The van der Waals surface area contributed by atoms with Crippen molar-refractivity contribution in [2.45, 2.75) is 18.4 Å². The van der Waals surface area contributed by atoms with Gasteiger partial charge < -0.3 is 19.9 Å². The van der Waals surface area contributed by atoms with Gasteiger partial charge in [-0.05, 0) is 12.1 Å². The van der Waals surface area contributed by atoms with Crippen molar-refractivity contribution in [2.75, 3.05) is 26.4 Å². The minimum absolute atomic E-state index is 0.213. The highest BCUT2D eigenvalue weighted by Gasteiger charge is 2.30. The summed E-state index contributed by atoms with van der Waals surface area (Å²) < 4.78 is 10.7. The van der Waals surface area contributed by atoms with E-state index in [9.17, 15) is 9.90 Å². The van der Waals surface area contributed by atoms with Gasteiger partial charge in [-0.25, -0.2) is 0 Å². The third-order valence-corrected chi connectivity index (χ3v) is 3.49. The van der Waals surface area contributed by atoms with Crippen LogP contribution in [0.25, 0.3) is 0 Å². The number of rotatable bonds is 6. The highest BCUT2D eigenvalue weighted by molar-refractivity contribution is 5.96. The predicted octanol–water partition coefficient (Wildman–Crippen LogP) is 1.52. The number of carbonyl (C=O) groups is 1. The number of hydrogen-bond donors (Lipinski definition) is 2. The van der Waals surface area contributed by atoms with Gasteiger partial charge in [-0.1, -0.05) is 24.8 Å². The van der Waals surface area contributed by atoms with Crippen molar-refractivity contribution >= 4 is 5.91 Å². The molecule has 1 aliphatic rings. The molecule has 1 saturated heterocycles. The van der Waals surface area contributed by atoms with E-state index in [2.05, 4.69) is 11.9 Å². The van der Waals surface area contributed by atoms with Crippen molar-refractivity contribution in [3.63, 3.8) is 0 Å². The lowest BCUT2D eigenvalue weighted by molar-refractivity contribution is -0.0605. The fraction of sp³-hybridized carbons (Fsp3) is 0.438. The van der Waals surface area contributed by atoms with Crippen LogP contribution in [0.4, 0.5) is 0 Å². The molecule has 1 aliphatic heterocycles. The van der Waals surface area contributed by atoms with Crippen LogP contribution >= 0.6 is 0 Å². The van der Waals surface area contributed by atoms with E-state index in [0.717, 1.165) is 0 Å². The molecule has 114 valence electrons. The maximum atomic E-state index is 12.3. The molecule has 21 heavy (non-hydrogen) atoms. The first-order chi connectivity index (χ1) is 10.1. The monoisotopic (exact) mass is 291 g/mol. The summed E-state index contributed by atoms with van der Waals surface area (Å²) in [6, 6.07) is 7.02. The van der Waals surface area contributed by atoms with E-state index in [0.29, 0.717) is 44.0 Å². The molecular weight excluding hydrogens is 270 g/mol. The quantitative estimate of drug-likeness (QED) is 0.780. The van der Waals surface area contributed by atoms with Gasteiger partial charge in [-0.15, -0.1) is 0 Å². The Morgan fingerprint density at radius 1 is 1.43 bits per heavy atom. The highest BCUT2D eigenvalue weighted by atomic mass is 16.5. The van der Waals surface area contributed by atoms with E-state index in [4.69, 9.17) is 9.47 Å². The zero-order valence-corrected chi connectivity index (χ0v) is 12.0. The molecule has 1 amide bonds. The molecule has 5 heteroatoms. The Balaban J connectivity index is 1.98. The zero-order chi connectivity index (χ0) is 15.1. The van der Waals surface area contributed by atoms with E-state index < -0.39 is 5.60 Å². The van der Waals surface area contributed by atoms with Gasteiger partial charge >= 0.3 is 0 Å². The maximum absolute atomic E-state index is 12.3. The largest absolute Gasteiger partial charge is 0.489 e. The van der Waals surface area contributed by atoms with E-state index in [-0.39, 0.29) is 12.5 Å². The van der Waals surface area contributed by atoms with Gasteiger partial charge in [0.25, 0.3) is 5.91 Å². The first-order valence-corrected chi connectivity index (χ1v) is 7.06. The van der Waals surface area contributed by atoms with Crippen LogP contribution in [0.15, 0.2) is 36.9 Å². The minimum Gasteiger partial charge on any atom is -0.489 e. The van der Waals surface area contributed by atoms with E-state index >= 15 is 0 Å². The van der Waals surface area contributed by atoms with Gasteiger partial charge in [-0.3, -0.25) is 4.79 Å². The summed E-state index contributed by atoms with van der Waals surface area (Å²) in [5.41, 5.74) is -0.430. The zero-order valence-electron chi connectivity index (χ0n) is 12.0. The van der Waals surface area contributed by atoms with Gasteiger partial charge in [0.15, 0.2) is 0 Å². The molecule has 0 aliphatic carbocycles. The molecule has 0 spiro atoms. The normalized spacial score (nSPS) is 17.0. The minimum atomic E-state index is -0.884. The van der Waals surface area contributed by atoms with E-state index in [1.54, 1.807) is 30.3 Å². The first-order valence-electron chi connectivity index (χ1n) is 7.06. The second kappa shape index (κ2) is 7.24. The molecule has 5 nitrogen and oxygen atoms in total. The van der Waals surface area contributed by atoms with E-state index in [1.165, 1.54) is 0 Å². The van der Waals surface area contributed by atoms with E-state index in [1.807, 2.05) is 0 Å². The molecular formula is C16H21NO4. The van der Waals surface area contributed by atoms with Crippen molar-refractivity contribution in [1.29, 1.82) is 0 Å². The number of amides is 1. The van der Waals surface area contributed by atoms with Crippen LogP contribution in [0.5, 0.6) is 5.75 Å². The van der Waals surface area contributed by atoms with Crippen LogP contribution in [0.2, 0.25) is 0 Å². The molecule has 0 unspecified atom stereocenters. The Morgan fingerprint density at radius 2 is 2.14 bits per heavy atom. The Labute approximate surface area is 124 Å². The van der Waals surface area contributed by atoms with Crippen LogP contribution in [0.1, 0.15) is 23.2 Å². The van der Waals surface area contributed by atoms with Crippen molar-refractivity contribution in [1.82, 2.24) is 5.32 Å². The first kappa shape index (κ1) is 15.5. The summed E-state index contributed by atoms with van der Waals surface area (Å²) in [5.74, 6) is 0.253. The lowest BCUT2D eigenvalue weighted by Crippen LogP contribution is -2.46. The molecule has 2 N–H and O–H groups in total. The molecule has 1 aromatic rings. The summed E-state index contributed by atoms with van der Waals surface area (Å²) >= 11 is 0. The third-order valence-electron chi connectivity index (χ3n) is 3.49. The lowest BCUT2D eigenvalue weighted by atomic mass is 9.94. The summed E-state index contributed by atoms with van der Waals surface area (Å²) in [5, 5.41) is 13.1. The van der Waals surface area contributed by atoms with Crippen LogP contribution < -0.4 is 10.1 Å². The van der Waals surface area contributed by atoms with Crippen molar-refractivity contribution < 1.29 is 19.4 Å². The molecule has 1 heterocycles. The Morgan fingerprint density at radius 3 is 2.86 bits per heavy atom. The Kier molecular flexibility index (Phi) is 5.36. The standard InChI is InChI=1S/C16H21NO4/c1-2-9-21-14-6-4-3-5-13(14)15(18)17-12-16(19)7-10-20-11-8-16/h2-6,19H,1,7-12H2,(H,17,18). The number of nitrogens with one attached hydrogen (secondary N) is 1. The number of carbonyl (C=O) groups excluding carboxylic acids is 1. The molecule has 0 bridgehead atoms. The number of aliphatic hydroxyl groups is 1. The van der Waals surface area contributed by atoms with Gasteiger partial charge in [0.1, 0.15) is 12.4 Å². The van der Waals surface area contributed by atoms with Crippen molar-refractivity contribution in [3.8, 4) is 5.75 Å². The lowest BCUT2D eigenvalue weighted by Gasteiger charge is -2.32. The molecule has 0 saturated carbocycles. The number of benzene rings is 1. The SMILES string of the molecule is C=CCOc1ccccc1C(=O)NCC1(O)CCOCC1. The molecule has 0 aromatic heterocycles. The van der Waals surface area contributed by atoms with Gasteiger partial charge in [0.05, 0.1) is 11.2 Å².